The van der Waals surface area contributed by atoms with Crippen LogP contribution < -0.4 is 9.64 Å². The number of benzene rings is 2. The number of nitrogens with zero attached hydrogens (tertiary/aromatic N) is 2. The second-order valence-electron chi connectivity index (χ2n) is 6.25. The van der Waals surface area contributed by atoms with Crippen molar-refractivity contribution in [3.05, 3.63) is 58.6 Å². The lowest BCUT2D eigenvalue weighted by atomic mass is 10.0. The van der Waals surface area contributed by atoms with E-state index in [1.54, 1.807) is 7.11 Å². The van der Waals surface area contributed by atoms with Gasteiger partial charge in [-0.05, 0) is 48.5 Å². The smallest absolute Gasteiger partial charge is 0.281 e. The zero-order valence-electron chi connectivity index (χ0n) is 14.0. The monoisotopic (exact) mass is 403 g/mol. The van der Waals surface area contributed by atoms with Crippen molar-refractivity contribution >= 4 is 27.5 Å². The molecular formula is C19H20BrN2O3+. The van der Waals surface area contributed by atoms with Gasteiger partial charge in [0.05, 0.1) is 13.7 Å². The highest BCUT2D eigenvalue weighted by atomic mass is 79.9. The normalized spacial score (nSPS) is 22.9. The second-order valence-corrected chi connectivity index (χ2v) is 7.16. The molecule has 0 fully saturated rings. The van der Waals surface area contributed by atoms with Crippen molar-refractivity contribution in [2.75, 3.05) is 38.3 Å². The van der Waals surface area contributed by atoms with Gasteiger partial charge in [-0.2, -0.15) is 4.90 Å². The van der Waals surface area contributed by atoms with Crippen LogP contribution in [0.2, 0.25) is 0 Å². The highest BCUT2D eigenvalue weighted by Crippen LogP contribution is 2.37. The van der Waals surface area contributed by atoms with Crippen LogP contribution in [0.1, 0.15) is 5.56 Å². The van der Waals surface area contributed by atoms with Crippen molar-refractivity contribution in [2.45, 2.75) is 5.72 Å². The molecule has 0 aliphatic carbocycles. The number of aliphatic hydroxyl groups is 1. The van der Waals surface area contributed by atoms with Gasteiger partial charge in [-0.1, -0.05) is 15.9 Å². The van der Waals surface area contributed by atoms with Crippen LogP contribution in [-0.2, 0) is 10.5 Å². The van der Waals surface area contributed by atoms with E-state index in [0.29, 0.717) is 19.8 Å². The van der Waals surface area contributed by atoms with Gasteiger partial charge in [-0.3, -0.25) is 4.58 Å². The van der Waals surface area contributed by atoms with Crippen molar-refractivity contribution in [3.63, 3.8) is 0 Å². The first kappa shape index (κ1) is 16.6. The number of hydrogen-bond acceptors (Lipinski definition) is 4. The molecule has 0 unspecified atom stereocenters. The Morgan fingerprint density at radius 1 is 1.16 bits per heavy atom. The molecule has 0 saturated heterocycles. The van der Waals surface area contributed by atoms with Gasteiger partial charge >= 0.3 is 0 Å². The molecule has 25 heavy (non-hydrogen) atoms. The summed E-state index contributed by atoms with van der Waals surface area (Å²) in [5.74, 6) is 1.76. The van der Waals surface area contributed by atoms with Crippen LogP contribution in [0.3, 0.4) is 0 Å². The minimum Gasteiger partial charge on any atom is -0.497 e. The van der Waals surface area contributed by atoms with Crippen LogP contribution in [0.4, 0.5) is 5.69 Å². The molecular weight excluding hydrogens is 384 g/mol. The Balaban J connectivity index is 1.80. The Hall–Kier alpha value is -1.89. The van der Waals surface area contributed by atoms with Crippen molar-refractivity contribution in [1.29, 1.82) is 0 Å². The van der Waals surface area contributed by atoms with Crippen molar-refractivity contribution in [1.82, 2.24) is 0 Å². The average molecular weight is 404 g/mol. The molecule has 0 aromatic heterocycles. The van der Waals surface area contributed by atoms with Crippen LogP contribution in [0.5, 0.6) is 5.75 Å². The van der Waals surface area contributed by atoms with E-state index in [2.05, 4.69) is 20.5 Å². The zero-order valence-corrected chi connectivity index (χ0v) is 15.6. The summed E-state index contributed by atoms with van der Waals surface area (Å²) in [4.78, 5) is 1.99. The Kier molecular flexibility index (Phi) is 4.27. The van der Waals surface area contributed by atoms with E-state index in [-0.39, 0.29) is 0 Å². The van der Waals surface area contributed by atoms with Gasteiger partial charge < -0.3 is 14.6 Å². The Morgan fingerprint density at radius 3 is 2.56 bits per heavy atom. The summed E-state index contributed by atoms with van der Waals surface area (Å²) in [5, 5.41) is 11.7. The van der Waals surface area contributed by atoms with E-state index >= 15 is 0 Å². The number of hydrogen-bond donors (Lipinski definition) is 1. The molecule has 2 aromatic carbocycles. The van der Waals surface area contributed by atoms with Crippen molar-refractivity contribution in [3.8, 4) is 5.75 Å². The number of halogens is 1. The van der Waals surface area contributed by atoms with Gasteiger partial charge in [-0.25, -0.2) is 0 Å². The highest BCUT2D eigenvalue weighted by Gasteiger charge is 2.54. The van der Waals surface area contributed by atoms with E-state index in [1.807, 2.05) is 53.4 Å². The lowest BCUT2D eigenvalue weighted by Crippen LogP contribution is -2.48. The van der Waals surface area contributed by atoms with Gasteiger partial charge in [0.15, 0.2) is 6.54 Å². The summed E-state index contributed by atoms with van der Waals surface area (Å²) in [6, 6.07) is 15.6. The summed E-state index contributed by atoms with van der Waals surface area (Å²) in [5.41, 5.74) is 0.617. The first-order valence-corrected chi connectivity index (χ1v) is 9.02. The number of amidine groups is 1. The Labute approximate surface area is 155 Å². The summed E-state index contributed by atoms with van der Waals surface area (Å²) in [7, 11) is 1.64. The summed E-state index contributed by atoms with van der Waals surface area (Å²) >= 11 is 3.48. The maximum Gasteiger partial charge on any atom is 0.281 e. The molecule has 0 spiro atoms. The van der Waals surface area contributed by atoms with Gasteiger partial charge in [0, 0.05) is 10.0 Å². The molecule has 0 amide bonds. The van der Waals surface area contributed by atoms with E-state index in [4.69, 9.17) is 9.47 Å². The van der Waals surface area contributed by atoms with Crippen LogP contribution in [-0.4, -0.2) is 48.9 Å². The van der Waals surface area contributed by atoms with Gasteiger partial charge in [0.1, 0.15) is 24.6 Å². The Morgan fingerprint density at radius 2 is 1.88 bits per heavy atom. The first-order valence-electron chi connectivity index (χ1n) is 8.23. The fourth-order valence-electron chi connectivity index (χ4n) is 3.52. The molecule has 0 bridgehead atoms. The molecule has 6 heteroatoms. The highest BCUT2D eigenvalue weighted by molar-refractivity contribution is 9.10. The number of methoxy groups -OCH3 is 1. The summed E-state index contributed by atoms with van der Waals surface area (Å²) in [6.07, 6.45) is 0. The van der Waals surface area contributed by atoms with Crippen LogP contribution in [0.25, 0.3) is 0 Å². The molecule has 5 nitrogen and oxygen atoms in total. The predicted octanol–water partition coefficient (Wildman–Crippen LogP) is 2.56. The molecule has 2 aromatic rings. The van der Waals surface area contributed by atoms with Gasteiger partial charge in [0.25, 0.3) is 11.6 Å². The van der Waals surface area contributed by atoms with Crippen LogP contribution >= 0.6 is 15.9 Å². The minimum atomic E-state index is -1.15. The third kappa shape index (κ3) is 2.84. The molecule has 130 valence electrons. The van der Waals surface area contributed by atoms with E-state index in [9.17, 15) is 5.11 Å². The SMILES string of the molecule is COc1ccc([C@@]2(O)C[N+]3=C(COCC3)N2c2ccc(Br)cc2)cc1. The maximum absolute atomic E-state index is 11.7. The predicted molar refractivity (Wildman–Crippen MR) is 99.3 cm³/mol. The quantitative estimate of drug-likeness (QED) is 0.799. The summed E-state index contributed by atoms with van der Waals surface area (Å²) in [6.45, 7) is 2.46. The van der Waals surface area contributed by atoms with Crippen LogP contribution in [0, 0.1) is 0 Å². The van der Waals surface area contributed by atoms with E-state index in [1.165, 1.54) is 0 Å². The van der Waals surface area contributed by atoms with Crippen LogP contribution in [0.15, 0.2) is 53.0 Å². The Bertz CT molecular complexity index is 804. The number of anilines is 1. The fraction of sp³-hybridized carbons (Fsp3) is 0.316. The lowest BCUT2D eigenvalue weighted by Gasteiger charge is -2.28. The zero-order chi connectivity index (χ0) is 17.4. The standard InChI is InChI=1S/C19H20BrN2O3/c1-24-17-8-2-14(3-9-17)19(23)13-21-10-11-25-12-18(21)22(19)16-6-4-15(20)5-7-16/h2-9,23H,10-13H2,1H3/q+1/t19-/m0/s1. The molecule has 2 heterocycles. The molecule has 1 atom stereocenters. The van der Waals surface area contributed by atoms with E-state index < -0.39 is 5.72 Å². The van der Waals surface area contributed by atoms with Crippen molar-refractivity contribution in [2.24, 2.45) is 0 Å². The molecule has 4 rings (SSSR count). The second kappa shape index (κ2) is 6.44. The van der Waals surface area contributed by atoms with E-state index in [0.717, 1.165) is 33.9 Å². The van der Waals surface area contributed by atoms with Crippen molar-refractivity contribution < 1.29 is 19.2 Å². The fourth-order valence-corrected chi connectivity index (χ4v) is 3.78. The summed E-state index contributed by atoms with van der Waals surface area (Å²) < 4.78 is 14.1. The molecule has 1 N–H and O–H groups in total. The topological polar surface area (TPSA) is 44.9 Å². The third-order valence-electron chi connectivity index (χ3n) is 4.78. The molecule has 2 aliphatic rings. The largest absolute Gasteiger partial charge is 0.497 e. The maximum atomic E-state index is 11.7. The molecule has 0 saturated carbocycles. The average Bonchev–Trinajstić information content (AvgIpc) is 2.96. The minimum absolute atomic E-state index is 0.495. The number of ether oxygens (including phenoxy) is 2. The number of rotatable bonds is 3. The van der Waals surface area contributed by atoms with Gasteiger partial charge in [-0.15, -0.1) is 0 Å². The first-order chi connectivity index (χ1) is 12.1. The lowest BCUT2D eigenvalue weighted by molar-refractivity contribution is -0.543. The van der Waals surface area contributed by atoms with Gasteiger partial charge in [0.2, 0.25) is 0 Å². The third-order valence-corrected chi connectivity index (χ3v) is 5.31. The molecule has 0 radical (unpaired) electrons. The molecule has 2 aliphatic heterocycles.